The molecule has 322 valence electrons. The van der Waals surface area contributed by atoms with E-state index in [1.807, 2.05) is 68.5 Å². The average Bonchev–Trinajstić information content (AvgIpc) is 3.28. The number of benzene rings is 6. The molecule has 0 spiro atoms. The van der Waals surface area contributed by atoms with Crippen molar-refractivity contribution >= 4 is 22.7 Å². The van der Waals surface area contributed by atoms with Crippen LogP contribution in [0.25, 0.3) is 11.1 Å². The first-order chi connectivity index (χ1) is 29.8. The molecule has 0 amide bonds. The van der Waals surface area contributed by atoms with Crippen molar-refractivity contribution in [2.45, 2.75) is 0 Å². The molecule has 0 radical (unpaired) electrons. The highest BCUT2D eigenvalue weighted by molar-refractivity contribution is 5.93. The minimum atomic E-state index is 0.425. The van der Waals surface area contributed by atoms with E-state index in [9.17, 15) is 0 Å². The van der Waals surface area contributed by atoms with Gasteiger partial charge in [-0.2, -0.15) is 0 Å². The molecule has 0 atom stereocenters. The summed E-state index contributed by atoms with van der Waals surface area (Å²) in [5.74, 6) is 4.62. The Labute approximate surface area is 368 Å². The fourth-order valence-electron chi connectivity index (χ4n) is 7.86. The van der Waals surface area contributed by atoms with Gasteiger partial charge in [0, 0.05) is 91.3 Å². The quantitative estimate of drug-likeness (QED) is 0.0656. The molecule has 0 aliphatic carbocycles. The first-order valence-electron chi connectivity index (χ1n) is 20.3. The van der Waals surface area contributed by atoms with Gasteiger partial charge in [0.2, 0.25) is 23.0 Å². The van der Waals surface area contributed by atoms with E-state index in [2.05, 4.69) is 117 Å². The Bertz CT molecular complexity index is 2150. The van der Waals surface area contributed by atoms with Gasteiger partial charge in [-0.05, 0) is 97.1 Å². The molecular formula is C52H60N4O6+2. The summed E-state index contributed by atoms with van der Waals surface area (Å²) >= 11 is 0. The van der Waals surface area contributed by atoms with Crippen molar-refractivity contribution in [1.82, 2.24) is 0 Å². The van der Waals surface area contributed by atoms with E-state index in [1.54, 1.807) is 42.7 Å². The summed E-state index contributed by atoms with van der Waals surface area (Å²) in [4.78, 5) is 8.37. The number of hydrogen-bond donors (Lipinski definition) is 0. The van der Waals surface area contributed by atoms with Crippen LogP contribution in [0.3, 0.4) is 0 Å². The SMILES string of the molecule is COc1cc([C+](c2ccc(N(C)C)cc2)c2ccc(N(C)C)cc2)c(-c2c([C+](c3ccc(N(C)C)cc3)c3ccc(N(C)C)cc3)cc(OC)c(OC)c2OC)c(OC)c1OC. The van der Waals surface area contributed by atoms with Gasteiger partial charge in [-0.1, -0.05) is 0 Å². The zero-order valence-electron chi connectivity index (χ0n) is 38.6. The predicted molar refractivity (Wildman–Crippen MR) is 255 cm³/mol. The standard InChI is InChI=1S/C52H60N4O6/c1-53(2)37-23-15-33(16-24-37)45(34-17-25-38(26-18-34)54(3)4)41-31-43(57-9)49(59-11)51(61-13)47(41)48-42(32-44(58-10)50(60-12)52(48)62-14)46(35-19-27-39(28-20-35)55(5)6)36-21-29-40(30-22-36)56(7)8/h15-32H,1-14H3/q+2. The Morgan fingerprint density at radius 1 is 0.306 bits per heavy atom. The number of hydrogen-bond acceptors (Lipinski definition) is 10. The highest BCUT2D eigenvalue weighted by atomic mass is 16.5. The van der Waals surface area contributed by atoms with E-state index in [-0.39, 0.29) is 0 Å². The summed E-state index contributed by atoms with van der Waals surface area (Å²) in [6.45, 7) is 0. The highest BCUT2D eigenvalue weighted by Gasteiger charge is 2.41. The minimum absolute atomic E-state index is 0.425. The normalized spacial score (nSPS) is 10.7. The molecule has 0 saturated carbocycles. The summed E-state index contributed by atoms with van der Waals surface area (Å²) in [5.41, 5.74) is 11.2. The van der Waals surface area contributed by atoms with Gasteiger partial charge >= 0.3 is 0 Å². The third-order valence-electron chi connectivity index (χ3n) is 11.1. The summed E-state index contributed by atoms with van der Waals surface area (Å²) < 4.78 is 37.6. The van der Waals surface area contributed by atoms with Crippen molar-refractivity contribution in [1.29, 1.82) is 0 Å². The Morgan fingerprint density at radius 3 is 0.710 bits per heavy atom. The van der Waals surface area contributed by atoms with E-state index in [1.165, 1.54) is 0 Å². The van der Waals surface area contributed by atoms with Gasteiger partial charge < -0.3 is 48.0 Å². The fourth-order valence-corrected chi connectivity index (χ4v) is 7.86. The lowest BCUT2D eigenvalue weighted by Crippen LogP contribution is -2.14. The maximum absolute atomic E-state index is 6.51. The van der Waals surface area contributed by atoms with E-state index in [0.717, 1.165) is 68.0 Å². The molecular weight excluding hydrogens is 777 g/mol. The number of nitrogens with zero attached hydrogens (tertiary/aromatic N) is 4. The zero-order valence-corrected chi connectivity index (χ0v) is 38.6. The van der Waals surface area contributed by atoms with Gasteiger partial charge in [-0.15, -0.1) is 0 Å². The maximum Gasteiger partial charge on any atom is 0.216 e. The first-order valence-corrected chi connectivity index (χ1v) is 20.3. The monoisotopic (exact) mass is 836 g/mol. The van der Waals surface area contributed by atoms with Crippen molar-refractivity contribution in [3.8, 4) is 45.6 Å². The van der Waals surface area contributed by atoms with Gasteiger partial charge in [0.05, 0.1) is 87.9 Å². The topological polar surface area (TPSA) is 68.3 Å². The van der Waals surface area contributed by atoms with Gasteiger partial charge in [0.25, 0.3) is 0 Å². The lowest BCUT2D eigenvalue weighted by atomic mass is 9.76. The Kier molecular flexibility index (Phi) is 13.8. The molecule has 0 aromatic heterocycles. The number of rotatable bonds is 17. The Balaban J connectivity index is 1.84. The summed E-state index contributed by atoms with van der Waals surface area (Å²) in [7, 11) is 26.1. The van der Waals surface area contributed by atoms with Crippen LogP contribution in [0.1, 0.15) is 33.4 Å². The lowest BCUT2D eigenvalue weighted by Gasteiger charge is -2.26. The second kappa shape index (κ2) is 19.2. The van der Waals surface area contributed by atoms with Gasteiger partial charge in [0.15, 0.2) is 11.5 Å². The van der Waals surface area contributed by atoms with Crippen molar-refractivity contribution < 1.29 is 28.4 Å². The Morgan fingerprint density at radius 2 is 0.532 bits per heavy atom. The van der Waals surface area contributed by atoms with Crippen LogP contribution in [0, 0.1) is 11.8 Å². The maximum atomic E-state index is 6.51. The van der Waals surface area contributed by atoms with Crippen molar-refractivity contribution in [3.63, 3.8) is 0 Å². The molecule has 0 aliphatic rings. The highest BCUT2D eigenvalue weighted by Crippen LogP contribution is 2.58. The molecule has 0 bridgehead atoms. The fraction of sp³-hybridized carbons (Fsp3) is 0.269. The van der Waals surface area contributed by atoms with Crippen LogP contribution >= 0.6 is 0 Å². The second-order valence-electron chi connectivity index (χ2n) is 15.7. The van der Waals surface area contributed by atoms with Crippen LogP contribution in [0.2, 0.25) is 0 Å². The summed E-state index contributed by atoms with van der Waals surface area (Å²) in [6.07, 6.45) is 0. The molecule has 10 nitrogen and oxygen atoms in total. The van der Waals surface area contributed by atoms with Crippen LogP contribution in [-0.2, 0) is 0 Å². The van der Waals surface area contributed by atoms with Crippen LogP contribution < -0.4 is 48.0 Å². The molecule has 0 fully saturated rings. The van der Waals surface area contributed by atoms with Crippen LogP contribution in [0.15, 0.2) is 109 Å². The van der Waals surface area contributed by atoms with Crippen LogP contribution in [-0.4, -0.2) is 99.0 Å². The molecule has 6 aromatic carbocycles. The molecule has 6 rings (SSSR count). The zero-order chi connectivity index (χ0) is 44.8. The van der Waals surface area contributed by atoms with Crippen molar-refractivity contribution in [3.05, 3.63) is 154 Å². The van der Waals surface area contributed by atoms with E-state index in [0.29, 0.717) is 45.6 Å². The Hall–Kier alpha value is -6.94. The molecule has 62 heavy (non-hydrogen) atoms. The molecule has 0 heterocycles. The molecule has 0 saturated heterocycles. The molecule has 10 heteroatoms. The lowest BCUT2D eigenvalue weighted by molar-refractivity contribution is 0.322. The number of anilines is 4. The smallest absolute Gasteiger partial charge is 0.216 e. The third-order valence-corrected chi connectivity index (χ3v) is 11.1. The average molecular weight is 837 g/mol. The predicted octanol–water partition coefficient (Wildman–Crippen LogP) is 9.71. The molecule has 0 aliphatic heterocycles. The first kappa shape index (κ1) is 44.6. The largest absolute Gasteiger partial charge is 0.489 e. The third kappa shape index (κ3) is 8.63. The molecule has 0 N–H and O–H groups in total. The molecule has 6 aromatic rings. The van der Waals surface area contributed by atoms with Gasteiger partial charge in [-0.3, -0.25) is 0 Å². The van der Waals surface area contributed by atoms with Crippen LogP contribution in [0.4, 0.5) is 22.7 Å². The van der Waals surface area contributed by atoms with E-state index < -0.39 is 0 Å². The van der Waals surface area contributed by atoms with E-state index in [4.69, 9.17) is 28.4 Å². The van der Waals surface area contributed by atoms with E-state index >= 15 is 0 Å². The van der Waals surface area contributed by atoms with Crippen molar-refractivity contribution in [2.24, 2.45) is 0 Å². The van der Waals surface area contributed by atoms with Crippen LogP contribution in [0.5, 0.6) is 34.5 Å². The minimum Gasteiger partial charge on any atom is -0.489 e. The van der Waals surface area contributed by atoms with Gasteiger partial charge in [0.1, 0.15) is 11.1 Å². The van der Waals surface area contributed by atoms with Gasteiger partial charge in [-0.25, -0.2) is 0 Å². The summed E-state index contributed by atoms with van der Waals surface area (Å²) in [5, 5.41) is 0. The van der Waals surface area contributed by atoms with Crippen molar-refractivity contribution in [2.75, 3.05) is 119 Å². The summed E-state index contributed by atoms with van der Waals surface area (Å²) in [6, 6.07) is 38.3. The number of ether oxygens (including phenoxy) is 6. The number of methoxy groups -OCH3 is 6. The second-order valence-corrected chi connectivity index (χ2v) is 15.7. The molecule has 0 unspecified atom stereocenters.